The fourth-order valence-electron chi connectivity index (χ4n) is 1.31. The van der Waals surface area contributed by atoms with E-state index in [4.69, 9.17) is 11.6 Å². The SMILES string of the molecule is Cc1nccn1Cc1ccnc(Cl)c1. The first kappa shape index (κ1) is 9.21. The van der Waals surface area contributed by atoms with Gasteiger partial charge in [-0.1, -0.05) is 11.6 Å². The van der Waals surface area contributed by atoms with Crippen LogP contribution < -0.4 is 0 Å². The van der Waals surface area contributed by atoms with Crippen LogP contribution in [0.15, 0.2) is 30.7 Å². The van der Waals surface area contributed by atoms with Crippen molar-refractivity contribution >= 4 is 11.6 Å². The van der Waals surface area contributed by atoms with E-state index in [9.17, 15) is 0 Å². The average molecular weight is 208 g/mol. The van der Waals surface area contributed by atoms with Crippen LogP contribution in [0.1, 0.15) is 11.4 Å². The molecule has 0 saturated carbocycles. The van der Waals surface area contributed by atoms with Gasteiger partial charge >= 0.3 is 0 Å². The lowest BCUT2D eigenvalue weighted by Gasteiger charge is -2.04. The summed E-state index contributed by atoms with van der Waals surface area (Å²) >= 11 is 5.79. The second kappa shape index (κ2) is 3.80. The molecule has 0 saturated heterocycles. The zero-order valence-electron chi connectivity index (χ0n) is 7.81. The Bertz CT molecular complexity index is 436. The van der Waals surface area contributed by atoms with E-state index in [1.54, 1.807) is 12.4 Å². The first-order valence-corrected chi connectivity index (χ1v) is 4.71. The molecule has 0 aliphatic rings. The molecule has 0 atom stereocenters. The highest BCUT2D eigenvalue weighted by atomic mass is 35.5. The summed E-state index contributed by atoms with van der Waals surface area (Å²) in [5.41, 5.74) is 1.13. The van der Waals surface area contributed by atoms with Crippen LogP contribution in [0, 0.1) is 6.92 Å². The Kier molecular flexibility index (Phi) is 2.50. The number of aryl methyl sites for hydroxylation is 1. The van der Waals surface area contributed by atoms with E-state index in [1.165, 1.54) is 0 Å². The topological polar surface area (TPSA) is 30.7 Å². The molecule has 0 N–H and O–H groups in total. The third kappa shape index (κ3) is 1.93. The van der Waals surface area contributed by atoms with Crippen LogP contribution in [0.2, 0.25) is 5.15 Å². The van der Waals surface area contributed by atoms with Crippen molar-refractivity contribution in [1.82, 2.24) is 14.5 Å². The predicted molar refractivity (Wildman–Crippen MR) is 55.3 cm³/mol. The average Bonchev–Trinajstić information content (AvgIpc) is 2.52. The lowest BCUT2D eigenvalue weighted by Crippen LogP contribution is -2.00. The minimum atomic E-state index is 0.528. The van der Waals surface area contributed by atoms with E-state index in [0.29, 0.717) is 5.15 Å². The monoisotopic (exact) mass is 207 g/mol. The molecule has 0 amide bonds. The van der Waals surface area contributed by atoms with E-state index >= 15 is 0 Å². The van der Waals surface area contributed by atoms with Crippen LogP contribution in [0.3, 0.4) is 0 Å². The lowest BCUT2D eigenvalue weighted by atomic mass is 10.3. The van der Waals surface area contributed by atoms with Gasteiger partial charge in [-0.25, -0.2) is 9.97 Å². The Hall–Kier alpha value is -1.35. The molecule has 4 heteroatoms. The second-order valence-electron chi connectivity index (χ2n) is 3.09. The lowest BCUT2D eigenvalue weighted by molar-refractivity contribution is 0.760. The first-order valence-electron chi connectivity index (χ1n) is 4.34. The molecule has 2 rings (SSSR count). The number of pyridine rings is 1. The number of imidazole rings is 1. The molecule has 0 unspecified atom stereocenters. The van der Waals surface area contributed by atoms with Crippen molar-refractivity contribution in [2.45, 2.75) is 13.5 Å². The quantitative estimate of drug-likeness (QED) is 0.708. The number of aromatic nitrogens is 3. The smallest absolute Gasteiger partial charge is 0.129 e. The number of rotatable bonds is 2. The van der Waals surface area contributed by atoms with Gasteiger partial charge in [-0.2, -0.15) is 0 Å². The molecular weight excluding hydrogens is 198 g/mol. The molecule has 2 heterocycles. The third-order valence-corrected chi connectivity index (χ3v) is 2.27. The van der Waals surface area contributed by atoms with Crippen molar-refractivity contribution in [1.29, 1.82) is 0 Å². The Balaban J connectivity index is 2.23. The predicted octanol–water partition coefficient (Wildman–Crippen LogP) is 2.29. The van der Waals surface area contributed by atoms with E-state index < -0.39 is 0 Å². The maximum Gasteiger partial charge on any atom is 0.129 e. The van der Waals surface area contributed by atoms with Crippen LogP contribution in [-0.4, -0.2) is 14.5 Å². The Labute approximate surface area is 87.4 Å². The molecule has 0 spiro atoms. The maximum atomic E-state index is 5.79. The number of nitrogens with zero attached hydrogens (tertiary/aromatic N) is 3. The fraction of sp³-hybridized carbons (Fsp3) is 0.200. The van der Waals surface area contributed by atoms with Crippen LogP contribution in [0.4, 0.5) is 0 Å². The molecule has 3 nitrogen and oxygen atoms in total. The van der Waals surface area contributed by atoms with E-state index in [2.05, 4.69) is 14.5 Å². The molecule has 0 radical (unpaired) electrons. The second-order valence-corrected chi connectivity index (χ2v) is 3.48. The number of halogens is 1. The van der Waals surface area contributed by atoms with E-state index in [-0.39, 0.29) is 0 Å². The van der Waals surface area contributed by atoms with Crippen LogP contribution in [-0.2, 0) is 6.54 Å². The van der Waals surface area contributed by atoms with Crippen molar-refractivity contribution in [3.05, 3.63) is 47.3 Å². The third-order valence-electron chi connectivity index (χ3n) is 2.07. The number of hydrogen-bond acceptors (Lipinski definition) is 2. The maximum absolute atomic E-state index is 5.79. The van der Waals surface area contributed by atoms with Gasteiger partial charge in [0.2, 0.25) is 0 Å². The molecule has 0 aromatic carbocycles. The zero-order valence-corrected chi connectivity index (χ0v) is 8.57. The molecule has 72 valence electrons. The van der Waals surface area contributed by atoms with Gasteiger partial charge < -0.3 is 4.57 Å². The van der Waals surface area contributed by atoms with Crippen molar-refractivity contribution in [3.63, 3.8) is 0 Å². The van der Waals surface area contributed by atoms with Crippen molar-refractivity contribution in [3.8, 4) is 0 Å². The summed E-state index contributed by atoms with van der Waals surface area (Å²) in [4.78, 5) is 8.08. The summed E-state index contributed by atoms with van der Waals surface area (Å²) < 4.78 is 2.06. The standard InChI is InChI=1S/C10H10ClN3/c1-8-12-4-5-14(8)7-9-2-3-13-10(11)6-9/h2-6H,7H2,1H3. The van der Waals surface area contributed by atoms with Gasteiger partial charge in [0.25, 0.3) is 0 Å². The Morgan fingerprint density at radius 1 is 1.36 bits per heavy atom. The highest BCUT2D eigenvalue weighted by molar-refractivity contribution is 6.29. The van der Waals surface area contributed by atoms with Gasteiger partial charge in [0.1, 0.15) is 11.0 Å². The molecule has 0 aliphatic carbocycles. The minimum Gasteiger partial charge on any atom is -0.331 e. The van der Waals surface area contributed by atoms with Gasteiger partial charge in [-0.3, -0.25) is 0 Å². The van der Waals surface area contributed by atoms with E-state index in [1.807, 2.05) is 25.3 Å². The van der Waals surface area contributed by atoms with Gasteiger partial charge in [-0.05, 0) is 24.6 Å². The summed E-state index contributed by atoms with van der Waals surface area (Å²) in [6.07, 6.45) is 5.45. The highest BCUT2D eigenvalue weighted by Gasteiger charge is 1.99. The molecule has 2 aromatic rings. The van der Waals surface area contributed by atoms with Gasteiger partial charge in [0.15, 0.2) is 0 Å². The summed E-state index contributed by atoms with van der Waals surface area (Å²) in [5, 5.41) is 0.528. The molecular formula is C10H10ClN3. The summed E-state index contributed by atoms with van der Waals surface area (Å²) in [6, 6.07) is 3.81. The fourth-order valence-corrected chi connectivity index (χ4v) is 1.50. The van der Waals surface area contributed by atoms with Crippen LogP contribution in [0.25, 0.3) is 0 Å². The summed E-state index contributed by atoms with van der Waals surface area (Å²) in [6.45, 7) is 2.76. The van der Waals surface area contributed by atoms with Crippen molar-refractivity contribution < 1.29 is 0 Å². The zero-order chi connectivity index (χ0) is 9.97. The molecule has 0 fully saturated rings. The van der Waals surface area contributed by atoms with Gasteiger partial charge in [0.05, 0.1) is 0 Å². The molecule has 0 aliphatic heterocycles. The first-order chi connectivity index (χ1) is 6.75. The number of hydrogen-bond donors (Lipinski definition) is 0. The van der Waals surface area contributed by atoms with Crippen LogP contribution >= 0.6 is 11.6 Å². The normalized spacial score (nSPS) is 10.4. The Morgan fingerprint density at radius 3 is 2.86 bits per heavy atom. The summed E-state index contributed by atoms with van der Waals surface area (Å²) in [5.74, 6) is 0.998. The molecule has 14 heavy (non-hydrogen) atoms. The highest BCUT2D eigenvalue weighted by Crippen LogP contribution is 2.09. The van der Waals surface area contributed by atoms with Gasteiger partial charge in [0, 0.05) is 25.1 Å². The van der Waals surface area contributed by atoms with Crippen molar-refractivity contribution in [2.24, 2.45) is 0 Å². The Morgan fingerprint density at radius 2 is 2.21 bits per heavy atom. The largest absolute Gasteiger partial charge is 0.331 e. The minimum absolute atomic E-state index is 0.528. The molecule has 2 aromatic heterocycles. The molecule has 0 bridgehead atoms. The van der Waals surface area contributed by atoms with Crippen molar-refractivity contribution in [2.75, 3.05) is 0 Å². The van der Waals surface area contributed by atoms with E-state index in [0.717, 1.165) is 17.9 Å². The van der Waals surface area contributed by atoms with Crippen LogP contribution in [0.5, 0.6) is 0 Å². The van der Waals surface area contributed by atoms with Gasteiger partial charge in [-0.15, -0.1) is 0 Å². The summed E-state index contributed by atoms with van der Waals surface area (Å²) in [7, 11) is 0.